The minimum Gasteiger partial charge on any atom is -0.483 e. The highest BCUT2D eigenvalue weighted by molar-refractivity contribution is 9.10. The van der Waals surface area contributed by atoms with E-state index >= 15 is 0 Å². The van der Waals surface area contributed by atoms with E-state index < -0.39 is 0 Å². The maximum absolute atomic E-state index is 12.0. The molecule has 1 N–H and O–H groups in total. The Morgan fingerprint density at radius 2 is 1.92 bits per heavy atom. The first-order valence-electron chi connectivity index (χ1n) is 7.35. The zero-order valence-corrected chi connectivity index (χ0v) is 16.7. The lowest BCUT2D eigenvalue weighted by Crippen LogP contribution is -2.20. The Morgan fingerprint density at radius 1 is 1.21 bits per heavy atom. The number of halogens is 3. The number of rotatable bonds is 4. The van der Waals surface area contributed by atoms with E-state index in [2.05, 4.69) is 42.0 Å². The van der Waals surface area contributed by atoms with Crippen molar-refractivity contribution >= 4 is 50.7 Å². The number of ether oxygens (including phenoxy) is 1. The number of nitrogens with one attached hydrogen (secondary N) is 1. The van der Waals surface area contributed by atoms with Crippen molar-refractivity contribution in [3.05, 3.63) is 56.5 Å². The average molecular weight is 431 g/mol. The van der Waals surface area contributed by atoms with E-state index in [1.165, 1.54) is 5.56 Å². The van der Waals surface area contributed by atoms with Crippen LogP contribution in [0, 0.1) is 0 Å². The molecule has 0 unspecified atom stereocenters. The lowest BCUT2D eigenvalue weighted by Gasteiger charge is -2.20. The zero-order chi connectivity index (χ0) is 17.9. The predicted molar refractivity (Wildman–Crippen MR) is 103 cm³/mol. The molecule has 0 atom stereocenters. The number of anilines is 1. The molecule has 128 valence electrons. The third kappa shape index (κ3) is 4.88. The van der Waals surface area contributed by atoms with Gasteiger partial charge in [0.15, 0.2) is 6.61 Å². The molecule has 0 aliphatic heterocycles. The Bertz CT molecular complexity index is 757. The second-order valence-electron chi connectivity index (χ2n) is 6.33. The fourth-order valence-electron chi connectivity index (χ4n) is 2.01. The van der Waals surface area contributed by atoms with Crippen LogP contribution >= 0.6 is 39.1 Å². The van der Waals surface area contributed by atoms with Gasteiger partial charge in [-0.25, -0.2) is 0 Å². The fourth-order valence-corrected chi connectivity index (χ4v) is 2.86. The fraction of sp³-hybridized carbons (Fsp3) is 0.278. The van der Waals surface area contributed by atoms with Crippen LogP contribution in [0.1, 0.15) is 26.3 Å². The summed E-state index contributed by atoms with van der Waals surface area (Å²) in [5, 5.41) is 3.37. The molecule has 0 fully saturated rings. The molecule has 0 bridgehead atoms. The van der Waals surface area contributed by atoms with Crippen molar-refractivity contribution in [2.75, 3.05) is 11.9 Å². The second-order valence-corrected chi connectivity index (χ2v) is 7.97. The first kappa shape index (κ1) is 19.1. The SMILES string of the molecule is CC(C)(C)c1ccc(OCC(=O)Nc2cccc(Cl)c2Cl)c(Br)c1. The molecular weight excluding hydrogens is 413 g/mol. The summed E-state index contributed by atoms with van der Waals surface area (Å²) in [7, 11) is 0. The van der Waals surface area contributed by atoms with Crippen LogP contribution in [0.2, 0.25) is 10.0 Å². The van der Waals surface area contributed by atoms with Gasteiger partial charge in [-0.05, 0) is 51.2 Å². The van der Waals surface area contributed by atoms with Gasteiger partial charge >= 0.3 is 0 Å². The quantitative estimate of drug-likeness (QED) is 0.638. The van der Waals surface area contributed by atoms with E-state index in [4.69, 9.17) is 27.9 Å². The molecular formula is C18H18BrCl2NO2. The van der Waals surface area contributed by atoms with Crippen molar-refractivity contribution in [1.82, 2.24) is 0 Å². The van der Waals surface area contributed by atoms with Crippen molar-refractivity contribution in [2.24, 2.45) is 0 Å². The highest BCUT2D eigenvalue weighted by Crippen LogP contribution is 2.32. The Kier molecular flexibility index (Phi) is 6.18. The van der Waals surface area contributed by atoms with E-state index in [-0.39, 0.29) is 17.9 Å². The summed E-state index contributed by atoms with van der Waals surface area (Å²) in [6.45, 7) is 6.28. The van der Waals surface area contributed by atoms with Crippen LogP contribution in [-0.2, 0) is 10.2 Å². The maximum Gasteiger partial charge on any atom is 0.262 e. The lowest BCUT2D eigenvalue weighted by atomic mass is 9.87. The van der Waals surface area contributed by atoms with Crippen LogP contribution in [-0.4, -0.2) is 12.5 Å². The van der Waals surface area contributed by atoms with Crippen LogP contribution in [0.4, 0.5) is 5.69 Å². The minimum absolute atomic E-state index is 0.0434. The van der Waals surface area contributed by atoms with Crippen LogP contribution in [0.15, 0.2) is 40.9 Å². The van der Waals surface area contributed by atoms with Gasteiger partial charge in [0.2, 0.25) is 0 Å². The third-order valence-corrected chi connectivity index (χ3v) is 4.82. The molecule has 0 aromatic heterocycles. The number of benzene rings is 2. The van der Waals surface area contributed by atoms with Gasteiger partial charge in [-0.3, -0.25) is 4.79 Å². The van der Waals surface area contributed by atoms with Crippen LogP contribution in [0.5, 0.6) is 5.75 Å². The van der Waals surface area contributed by atoms with Gasteiger partial charge in [-0.2, -0.15) is 0 Å². The lowest BCUT2D eigenvalue weighted by molar-refractivity contribution is -0.118. The van der Waals surface area contributed by atoms with E-state index in [9.17, 15) is 4.79 Å². The molecule has 24 heavy (non-hydrogen) atoms. The normalized spacial score (nSPS) is 11.2. The summed E-state index contributed by atoms with van der Waals surface area (Å²) in [5.74, 6) is 0.293. The topological polar surface area (TPSA) is 38.3 Å². The Hall–Kier alpha value is -1.23. The van der Waals surface area contributed by atoms with E-state index in [0.29, 0.717) is 21.5 Å². The smallest absolute Gasteiger partial charge is 0.262 e. The van der Waals surface area contributed by atoms with Crippen LogP contribution in [0.3, 0.4) is 0 Å². The second kappa shape index (κ2) is 7.77. The van der Waals surface area contributed by atoms with Crippen molar-refractivity contribution in [2.45, 2.75) is 26.2 Å². The van der Waals surface area contributed by atoms with E-state index in [0.717, 1.165) is 4.47 Å². The maximum atomic E-state index is 12.0. The summed E-state index contributed by atoms with van der Waals surface area (Å²) in [6, 6.07) is 10.9. The molecule has 1 amide bonds. The third-order valence-electron chi connectivity index (χ3n) is 3.38. The molecule has 3 nitrogen and oxygen atoms in total. The largest absolute Gasteiger partial charge is 0.483 e. The molecule has 2 rings (SSSR count). The molecule has 0 aliphatic rings. The van der Waals surface area contributed by atoms with Gasteiger partial charge < -0.3 is 10.1 Å². The average Bonchev–Trinajstić information content (AvgIpc) is 2.49. The molecule has 0 saturated heterocycles. The van der Waals surface area contributed by atoms with Gasteiger partial charge in [-0.1, -0.05) is 56.1 Å². The molecule has 0 radical (unpaired) electrons. The van der Waals surface area contributed by atoms with Crippen molar-refractivity contribution in [3.8, 4) is 5.75 Å². The summed E-state index contributed by atoms with van der Waals surface area (Å²) >= 11 is 15.4. The molecule has 0 heterocycles. The predicted octanol–water partition coefficient (Wildman–Crippen LogP) is 6.07. The van der Waals surface area contributed by atoms with Crippen molar-refractivity contribution < 1.29 is 9.53 Å². The standard InChI is InChI=1S/C18H18BrCl2NO2/c1-18(2,3)11-7-8-15(12(19)9-11)24-10-16(23)22-14-6-4-5-13(20)17(14)21/h4-9H,10H2,1-3H3,(H,22,23). The molecule has 2 aromatic carbocycles. The van der Waals surface area contributed by atoms with Gasteiger partial charge in [0.25, 0.3) is 5.91 Å². The monoisotopic (exact) mass is 429 g/mol. The van der Waals surface area contributed by atoms with Crippen molar-refractivity contribution in [3.63, 3.8) is 0 Å². The van der Waals surface area contributed by atoms with Gasteiger partial charge in [-0.15, -0.1) is 0 Å². The Morgan fingerprint density at radius 3 is 2.54 bits per heavy atom. The molecule has 0 spiro atoms. The summed E-state index contributed by atoms with van der Waals surface area (Å²) in [4.78, 5) is 12.0. The Labute approximate surface area is 160 Å². The number of carbonyl (C=O) groups is 1. The summed E-state index contributed by atoms with van der Waals surface area (Å²) in [5.41, 5.74) is 1.68. The highest BCUT2D eigenvalue weighted by Gasteiger charge is 2.16. The number of amides is 1. The number of hydrogen-bond acceptors (Lipinski definition) is 2. The van der Waals surface area contributed by atoms with Crippen LogP contribution in [0.25, 0.3) is 0 Å². The van der Waals surface area contributed by atoms with Gasteiger partial charge in [0, 0.05) is 0 Å². The van der Waals surface area contributed by atoms with Gasteiger partial charge in [0.05, 0.1) is 20.2 Å². The highest BCUT2D eigenvalue weighted by atomic mass is 79.9. The van der Waals surface area contributed by atoms with Gasteiger partial charge in [0.1, 0.15) is 5.75 Å². The summed E-state index contributed by atoms with van der Waals surface area (Å²) < 4.78 is 6.38. The zero-order valence-electron chi connectivity index (χ0n) is 13.6. The summed E-state index contributed by atoms with van der Waals surface area (Å²) in [6.07, 6.45) is 0. The van der Waals surface area contributed by atoms with E-state index in [1.54, 1.807) is 18.2 Å². The number of hydrogen-bond donors (Lipinski definition) is 1. The van der Waals surface area contributed by atoms with Crippen molar-refractivity contribution in [1.29, 1.82) is 0 Å². The van der Waals surface area contributed by atoms with Crippen LogP contribution < -0.4 is 10.1 Å². The first-order valence-corrected chi connectivity index (χ1v) is 8.90. The molecule has 6 heteroatoms. The Balaban J connectivity index is 2.00. The minimum atomic E-state index is -0.314. The molecule has 0 saturated carbocycles. The number of carbonyl (C=O) groups excluding carboxylic acids is 1. The molecule has 2 aromatic rings. The van der Waals surface area contributed by atoms with E-state index in [1.807, 2.05) is 18.2 Å². The first-order chi connectivity index (χ1) is 11.2. The molecule has 0 aliphatic carbocycles.